The minimum absolute atomic E-state index is 0.188. The Balaban J connectivity index is 1.37. The van der Waals surface area contributed by atoms with E-state index in [0.717, 1.165) is 16.9 Å². The van der Waals surface area contributed by atoms with Gasteiger partial charge in [-0.1, -0.05) is 54.1 Å². The predicted molar refractivity (Wildman–Crippen MR) is 120 cm³/mol. The summed E-state index contributed by atoms with van der Waals surface area (Å²) >= 11 is 6.19. The van der Waals surface area contributed by atoms with Crippen molar-refractivity contribution in [1.82, 2.24) is 4.98 Å². The van der Waals surface area contributed by atoms with Crippen molar-refractivity contribution in [3.8, 4) is 17.0 Å². The van der Waals surface area contributed by atoms with E-state index in [1.54, 1.807) is 30.5 Å². The summed E-state index contributed by atoms with van der Waals surface area (Å²) in [5.41, 5.74) is 3.90. The Hall–Kier alpha value is -3.63. The van der Waals surface area contributed by atoms with Crippen molar-refractivity contribution in [2.45, 2.75) is 6.61 Å². The monoisotopic (exact) mass is 414 g/mol. The summed E-state index contributed by atoms with van der Waals surface area (Å²) < 4.78 is 5.77. The molecule has 0 bridgehead atoms. The topological polar surface area (TPSA) is 51.2 Å². The van der Waals surface area contributed by atoms with Crippen LogP contribution in [0.2, 0.25) is 5.02 Å². The van der Waals surface area contributed by atoms with E-state index >= 15 is 0 Å². The lowest BCUT2D eigenvalue weighted by atomic mass is 10.1. The summed E-state index contributed by atoms with van der Waals surface area (Å²) in [4.78, 5) is 16.8. The molecule has 4 aromatic rings. The van der Waals surface area contributed by atoms with E-state index in [4.69, 9.17) is 16.3 Å². The molecule has 1 amide bonds. The van der Waals surface area contributed by atoms with Crippen LogP contribution in [0.3, 0.4) is 0 Å². The second kappa shape index (κ2) is 9.25. The molecular formula is C25H19ClN2O2. The smallest absolute Gasteiger partial charge is 0.255 e. The highest BCUT2D eigenvalue weighted by Gasteiger charge is 2.09. The Labute approximate surface area is 180 Å². The first kappa shape index (κ1) is 19.7. The average Bonchev–Trinajstić information content (AvgIpc) is 2.80. The van der Waals surface area contributed by atoms with Gasteiger partial charge in [-0.25, -0.2) is 0 Å². The first-order valence-electron chi connectivity index (χ1n) is 9.48. The number of ether oxygens (including phenoxy) is 1. The van der Waals surface area contributed by atoms with Gasteiger partial charge in [-0.3, -0.25) is 9.78 Å². The van der Waals surface area contributed by atoms with Crippen LogP contribution < -0.4 is 10.1 Å². The summed E-state index contributed by atoms with van der Waals surface area (Å²) in [5.74, 6) is 0.556. The molecule has 4 rings (SSSR count). The van der Waals surface area contributed by atoms with Crippen LogP contribution >= 0.6 is 11.6 Å². The number of pyridine rings is 1. The molecule has 0 spiro atoms. The van der Waals surface area contributed by atoms with E-state index in [1.165, 1.54) is 0 Å². The first-order chi connectivity index (χ1) is 14.7. The van der Waals surface area contributed by atoms with Gasteiger partial charge in [0, 0.05) is 23.0 Å². The molecule has 5 heteroatoms. The Bertz CT molecular complexity index is 1130. The van der Waals surface area contributed by atoms with Gasteiger partial charge in [-0.2, -0.15) is 0 Å². The second-order valence-corrected chi connectivity index (χ2v) is 7.07. The first-order valence-corrected chi connectivity index (χ1v) is 9.86. The third-order valence-corrected chi connectivity index (χ3v) is 4.84. The number of rotatable bonds is 6. The van der Waals surface area contributed by atoms with Gasteiger partial charge in [-0.15, -0.1) is 0 Å². The predicted octanol–water partition coefficient (Wildman–Crippen LogP) is 6.23. The van der Waals surface area contributed by atoms with Crippen LogP contribution in [0.25, 0.3) is 11.3 Å². The molecule has 1 N–H and O–H groups in total. The average molecular weight is 415 g/mol. The van der Waals surface area contributed by atoms with Gasteiger partial charge in [0.15, 0.2) is 0 Å². The van der Waals surface area contributed by atoms with Crippen LogP contribution in [0.5, 0.6) is 5.75 Å². The SMILES string of the molecule is O=C(Nc1ccc(OCc2ccccc2)cc1)c1ccc(-c2ncccc2Cl)cc1. The zero-order valence-electron chi connectivity index (χ0n) is 16.1. The molecule has 0 aliphatic heterocycles. The molecule has 1 heterocycles. The summed E-state index contributed by atoms with van der Waals surface area (Å²) in [5, 5.41) is 3.47. The largest absolute Gasteiger partial charge is 0.489 e. The Morgan fingerprint density at radius 2 is 1.60 bits per heavy atom. The number of nitrogens with one attached hydrogen (secondary N) is 1. The molecule has 0 unspecified atom stereocenters. The molecule has 0 atom stereocenters. The standard InChI is InChI=1S/C25H19ClN2O2/c26-23-7-4-16-27-24(23)19-8-10-20(11-9-19)25(29)28-21-12-14-22(15-13-21)30-17-18-5-2-1-3-6-18/h1-16H,17H2,(H,28,29). The number of amides is 1. The quantitative estimate of drug-likeness (QED) is 0.406. The fourth-order valence-corrected chi connectivity index (χ4v) is 3.19. The summed E-state index contributed by atoms with van der Waals surface area (Å²) in [7, 11) is 0. The van der Waals surface area contributed by atoms with Crippen molar-refractivity contribution >= 4 is 23.2 Å². The number of halogens is 1. The third kappa shape index (κ3) is 4.85. The summed E-state index contributed by atoms with van der Waals surface area (Å²) in [6.45, 7) is 0.499. The van der Waals surface area contributed by atoms with Crippen LogP contribution in [0.4, 0.5) is 5.69 Å². The van der Waals surface area contributed by atoms with Crippen molar-refractivity contribution in [3.63, 3.8) is 0 Å². The number of hydrogen-bond acceptors (Lipinski definition) is 3. The fraction of sp³-hybridized carbons (Fsp3) is 0.0400. The third-order valence-electron chi connectivity index (χ3n) is 4.54. The van der Waals surface area contributed by atoms with Gasteiger partial charge in [-0.05, 0) is 54.1 Å². The molecule has 0 radical (unpaired) electrons. The zero-order valence-corrected chi connectivity index (χ0v) is 16.8. The molecule has 148 valence electrons. The van der Waals surface area contributed by atoms with Crippen LogP contribution in [0.1, 0.15) is 15.9 Å². The maximum Gasteiger partial charge on any atom is 0.255 e. The molecule has 0 saturated carbocycles. The normalized spacial score (nSPS) is 10.4. The molecule has 0 aliphatic rings. The fourth-order valence-electron chi connectivity index (χ4n) is 2.96. The van der Waals surface area contributed by atoms with Crippen LogP contribution in [-0.4, -0.2) is 10.9 Å². The van der Waals surface area contributed by atoms with Gasteiger partial charge in [0.05, 0.1) is 10.7 Å². The van der Waals surface area contributed by atoms with Crippen molar-refractivity contribution in [3.05, 3.63) is 113 Å². The molecule has 4 nitrogen and oxygen atoms in total. The highest BCUT2D eigenvalue weighted by atomic mass is 35.5. The maximum atomic E-state index is 12.5. The van der Waals surface area contributed by atoms with Crippen molar-refractivity contribution in [1.29, 1.82) is 0 Å². The van der Waals surface area contributed by atoms with E-state index < -0.39 is 0 Å². The minimum Gasteiger partial charge on any atom is -0.489 e. The number of hydrogen-bond donors (Lipinski definition) is 1. The van der Waals surface area contributed by atoms with Gasteiger partial charge in [0.1, 0.15) is 12.4 Å². The van der Waals surface area contributed by atoms with E-state index in [0.29, 0.717) is 28.6 Å². The second-order valence-electron chi connectivity index (χ2n) is 6.66. The summed E-state index contributed by atoms with van der Waals surface area (Å²) in [6, 6.07) is 28.0. The molecule has 30 heavy (non-hydrogen) atoms. The number of carbonyl (C=O) groups excluding carboxylic acids is 1. The van der Waals surface area contributed by atoms with E-state index in [9.17, 15) is 4.79 Å². The van der Waals surface area contributed by atoms with Crippen molar-refractivity contribution in [2.24, 2.45) is 0 Å². The molecule has 0 fully saturated rings. The number of benzene rings is 3. The van der Waals surface area contributed by atoms with Crippen LogP contribution in [0, 0.1) is 0 Å². The van der Waals surface area contributed by atoms with Gasteiger partial charge >= 0.3 is 0 Å². The Kier molecular flexibility index (Phi) is 6.06. The van der Waals surface area contributed by atoms with Gasteiger partial charge in [0.25, 0.3) is 5.91 Å². The molecule has 1 aromatic heterocycles. The number of aromatic nitrogens is 1. The van der Waals surface area contributed by atoms with Crippen LogP contribution in [0.15, 0.2) is 97.2 Å². The molecule has 0 saturated heterocycles. The van der Waals surface area contributed by atoms with E-state index in [-0.39, 0.29) is 5.91 Å². The van der Waals surface area contributed by atoms with Crippen LogP contribution in [-0.2, 0) is 6.61 Å². The lowest BCUT2D eigenvalue weighted by Crippen LogP contribution is -2.11. The molecule has 0 aliphatic carbocycles. The van der Waals surface area contributed by atoms with E-state index in [1.807, 2.05) is 66.7 Å². The Morgan fingerprint density at radius 3 is 2.30 bits per heavy atom. The van der Waals surface area contributed by atoms with Gasteiger partial charge in [0.2, 0.25) is 0 Å². The molecular weight excluding hydrogens is 396 g/mol. The highest BCUT2D eigenvalue weighted by Crippen LogP contribution is 2.25. The lowest BCUT2D eigenvalue weighted by Gasteiger charge is -2.09. The minimum atomic E-state index is -0.188. The lowest BCUT2D eigenvalue weighted by molar-refractivity contribution is 0.102. The zero-order chi connectivity index (χ0) is 20.8. The molecule has 3 aromatic carbocycles. The van der Waals surface area contributed by atoms with Crippen molar-refractivity contribution in [2.75, 3.05) is 5.32 Å². The highest BCUT2D eigenvalue weighted by molar-refractivity contribution is 6.33. The number of nitrogens with zero attached hydrogens (tertiary/aromatic N) is 1. The van der Waals surface area contributed by atoms with Crippen molar-refractivity contribution < 1.29 is 9.53 Å². The maximum absolute atomic E-state index is 12.5. The summed E-state index contributed by atoms with van der Waals surface area (Å²) in [6.07, 6.45) is 1.69. The Morgan fingerprint density at radius 1 is 0.867 bits per heavy atom. The number of anilines is 1. The van der Waals surface area contributed by atoms with Gasteiger partial charge < -0.3 is 10.1 Å². The number of carbonyl (C=O) groups is 1. The van der Waals surface area contributed by atoms with E-state index in [2.05, 4.69) is 10.3 Å².